The van der Waals surface area contributed by atoms with Gasteiger partial charge in [0.25, 0.3) is 0 Å². The van der Waals surface area contributed by atoms with Crippen molar-refractivity contribution in [3.05, 3.63) is 284 Å². The molecule has 480 valence electrons. The van der Waals surface area contributed by atoms with Gasteiger partial charge in [0, 0.05) is 46.0 Å². The second-order valence-corrected chi connectivity index (χ2v) is 22.1. The lowest BCUT2D eigenvalue weighted by Crippen LogP contribution is -2.08. The summed E-state index contributed by atoms with van der Waals surface area (Å²) in [6.07, 6.45) is 2.09. The van der Waals surface area contributed by atoms with Crippen molar-refractivity contribution in [2.24, 2.45) is 0 Å². The van der Waals surface area contributed by atoms with Crippen LogP contribution in [0.15, 0.2) is 205 Å². The van der Waals surface area contributed by atoms with Gasteiger partial charge < -0.3 is 38.1 Å². The Balaban J connectivity index is 0.000000501. The van der Waals surface area contributed by atoms with Gasteiger partial charge in [0.15, 0.2) is 11.6 Å². The second kappa shape index (κ2) is 47.2. The first-order valence-electron chi connectivity index (χ1n) is 29.8. The van der Waals surface area contributed by atoms with Gasteiger partial charge in [0.05, 0.1) is 47.8 Å². The minimum atomic E-state index is -0.273. The molecule has 0 N–H and O–H groups in total. The van der Waals surface area contributed by atoms with Crippen molar-refractivity contribution in [2.75, 3.05) is 74.5 Å². The number of hydrogen-bond acceptors (Lipinski definition) is 9. The number of ether oxygens (including phenoxy) is 7. The second-order valence-electron chi connectivity index (χ2n) is 21.2. The van der Waals surface area contributed by atoms with Crippen molar-refractivity contribution in [1.29, 1.82) is 0 Å². The van der Waals surface area contributed by atoms with Crippen LogP contribution in [0.3, 0.4) is 0 Å². The first-order chi connectivity index (χ1) is 42.6. The summed E-state index contributed by atoms with van der Waals surface area (Å²) in [7, 11) is 14.1. The average Bonchev–Trinajstić information content (AvgIpc) is 3.55. The monoisotopic (exact) mass is 1230 g/mol. The van der Waals surface area contributed by atoms with Gasteiger partial charge >= 0.3 is 0 Å². The van der Waals surface area contributed by atoms with Crippen LogP contribution in [-0.4, -0.2) is 69.6 Å². The van der Waals surface area contributed by atoms with Crippen LogP contribution >= 0.6 is 11.8 Å². The van der Waals surface area contributed by atoms with E-state index in [9.17, 15) is 4.39 Å². The van der Waals surface area contributed by atoms with E-state index in [4.69, 9.17) is 33.2 Å². The zero-order valence-electron chi connectivity index (χ0n) is 57.5. The fourth-order valence-electron chi connectivity index (χ4n) is 7.84. The molecule has 0 aromatic heterocycles. The maximum Gasteiger partial charge on any atom is 0.167 e. The highest BCUT2D eigenvalue weighted by molar-refractivity contribution is 7.98. The molecule has 0 unspecified atom stereocenters. The van der Waals surface area contributed by atoms with Gasteiger partial charge in [-0.25, -0.2) is 4.39 Å². The zero-order valence-corrected chi connectivity index (χ0v) is 58.3. The Kier molecular flexibility index (Phi) is 42.0. The normalized spacial score (nSPS) is 9.60. The van der Waals surface area contributed by atoms with E-state index in [1.54, 1.807) is 72.4 Å². The maximum absolute atomic E-state index is 12.9. The van der Waals surface area contributed by atoms with Crippen LogP contribution in [0.1, 0.15) is 84.8 Å². The van der Waals surface area contributed by atoms with Crippen molar-refractivity contribution in [3.8, 4) is 23.0 Å². The fraction of sp³-hybridized carbons (Fsp3) is 0.316. The lowest BCUT2D eigenvalue weighted by Gasteiger charge is -2.11. The highest BCUT2D eigenvalue weighted by Crippen LogP contribution is 2.20. The summed E-state index contributed by atoms with van der Waals surface area (Å²) in [6, 6.07) is 67.2. The molecule has 0 bridgehead atoms. The standard InChI is InChI=1S/C9H13N.6C9H12O.C8H9FO.C8H10S/c1-8-5-4-6-9(7-8)10(2)3;1-7-4-5-9(10-3)6-8(7)2;1-7-4-5-9(10-3)8(2)6-7;1-8-3-5-9(6-4-8)7-10-2;1-8-4-3-5-9(6-8)7-10-2;1-8-5-3-4-6-9(8)7-10-2;1-3-10-9-6-4-8(2)5-7-9;1-6-4-3-5-7(10-2)8(6)9;1-7-4-3-5-8(6-7)9-2/h4-7H,1-3H3;2*4-6H,1-3H3;3*3-6H,7H2,1-2H3;4-7H,3H2,1-2H3;3-5H,1-2H3;3-6H,1-2H3. The highest BCUT2D eigenvalue weighted by Gasteiger charge is 2.03. The predicted molar refractivity (Wildman–Crippen MR) is 379 cm³/mol. The number of thioether (sulfide) groups is 1. The lowest BCUT2D eigenvalue weighted by molar-refractivity contribution is 0.184. The van der Waals surface area contributed by atoms with Gasteiger partial charge in [-0.1, -0.05) is 167 Å². The van der Waals surface area contributed by atoms with E-state index in [0.29, 0.717) is 31.1 Å². The summed E-state index contributed by atoms with van der Waals surface area (Å²) in [4.78, 5) is 3.45. The Morgan fingerprint density at radius 1 is 0.371 bits per heavy atom. The minimum absolute atomic E-state index is 0.273. The molecular formula is C79H104FNO7S. The van der Waals surface area contributed by atoms with Crippen LogP contribution in [0.5, 0.6) is 23.0 Å². The Hall–Kier alpha value is -7.86. The SMILES string of the molecule is CCOc1ccc(C)cc1.COCc1ccc(C)cc1.COCc1cccc(C)c1.COCc1ccccc1C.COc1ccc(C)c(C)c1.COc1ccc(C)cc1C.COc1cccc(C)c1F.CSc1cccc(C)c1.Cc1cccc(N(C)C)c1. The quantitative estimate of drug-likeness (QED) is 0.105. The Labute approximate surface area is 541 Å². The molecule has 0 aliphatic carbocycles. The van der Waals surface area contributed by atoms with Gasteiger partial charge in [-0.05, 0) is 200 Å². The molecule has 9 aromatic rings. The van der Waals surface area contributed by atoms with Crippen LogP contribution < -0.4 is 23.8 Å². The van der Waals surface area contributed by atoms with Crippen molar-refractivity contribution in [2.45, 2.75) is 108 Å². The summed E-state index contributed by atoms with van der Waals surface area (Å²) < 4.78 is 48.0. The summed E-state index contributed by atoms with van der Waals surface area (Å²) >= 11 is 1.78. The molecule has 89 heavy (non-hydrogen) atoms. The third kappa shape index (κ3) is 35.7. The van der Waals surface area contributed by atoms with Crippen LogP contribution in [0.25, 0.3) is 0 Å². The molecule has 8 nitrogen and oxygen atoms in total. The third-order valence-electron chi connectivity index (χ3n) is 13.1. The Morgan fingerprint density at radius 3 is 1.35 bits per heavy atom. The average molecular weight is 1230 g/mol. The first-order valence-corrected chi connectivity index (χ1v) is 31.0. The smallest absolute Gasteiger partial charge is 0.167 e. The van der Waals surface area contributed by atoms with E-state index in [0.717, 1.165) is 23.9 Å². The van der Waals surface area contributed by atoms with Crippen LogP contribution in [0, 0.1) is 82.0 Å². The number of rotatable bonds is 13. The van der Waals surface area contributed by atoms with Gasteiger partial charge in [0.2, 0.25) is 0 Å². The van der Waals surface area contributed by atoms with Crippen LogP contribution in [0.4, 0.5) is 10.1 Å². The number of nitrogens with zero attached hydrogens (tertiary/aromatic N) is 1. The maximum atomic E-state index is 12.9. The predicted octanol–water partition coefficient (Wildman–Crippen LogP) is 20.4. The Morgan fingerprint density at radius 2 is 0.876 bits per heavy atom. The summed E-state index contributed by atoms with van der Waals surface area (Å²) in [5.74, 6) is 2.88. The van der Waals surface area contributed by atoms with Gasteiger partial charge in [-0.2, -0.15) is 0 Å². The van der Waals surface area contributed by atoms with Crippen LogP contribution in [-0.2, 0) is 34.0 Å². The molecule has 0 atom stereocenters. The van der Waals surface area contributed by atoms with E-state index in [1.807, 2.05) is 80.6 Å². The molecule has 0 fully saturated rings. The van der Waals surface area contributed by atoms with Crippen molar-refractivity contribution < 1.29 is 37.5 Å². The van der Waals surface area contributed by atoms with E-state index in [1.165, 1.54) is 90.0 Å². The van der Waals surface area contributed by atoms with Crippen molar-refractivity contribution in [1.82, 2.24) is 0 Å². The molecule has 0 aliphatic heterocycles. The van der Waals surface area contributed by atoms with Gasteiger partial charge in [-0.15, -0.1) is 11.8 Å². The van der Waals surface area contributed by atoms with Crippen LogP contribution in [0.2, 0.25) is 0 Å². The van der Waals surface area contributed by atoms with E-state index in [2.05, 4.69) is 203 Å². The van der Waals surface area contributed by atoms with Crippen molar-refractivity contribution in [3.63, 3.8) is 0 Å². The molecule has 0 aliphatic rings. The molecule has 0 amide bonds. The third-order valence-corrected chi connectivity index (χ3v) is 13.8. The fourth-order valence-corrected chi connectivity index (χ4v) is 8.36. The lowest BCUT2D eigenvalue weighted by atomic mass is 10.1. The molecule has 0 spiro atoms. The number of aryl methyl sites for hydroxylation is 11. The molecule has 10 heteroatoms. The number of methoxy groups -OCH3 is 6. The number of anilines is 1. The summed E-state index contributed by atoms with van der Waals surface area (Å²) in [5.41, 5.74) is 18.5. The number of benzene rings is 9. The molecule has 0 heterocycles. The molecule has 0 radical (unpaired) electrons. The summed E-state index contributed by atoms with van der Waals surface area (Å²) in [5, 5.41) is 0. The summed E-state index contributed by atoms with van der Waals surface area (Å²) in [6.45, 7) is 27.4. The number of halogens is 1. The molecule has 0 saturated carbocycles. The molecule has 0 saturated heterocycles. The van der Waals surface area contributed by atoms with Gasteiger partial charge in [-0.3, -0.25) is 0 Å². The molecule has 9 aromatic carbocycles. The van der Waals surface area contributed by atoms with Crippen molar-refractivity contribution >= 4 is 17.4 Å². The number of hydrogen-bond donors (Lipinski definition) is 0. The topological polar surface area (TPSA) is 67.9 Å². The highest BCUT2D eigenvalue weighted by atomic mass is 32.2. The molecular weight excluding hydrogens is 1130 g/mol. The van der Waals surface area contributed by atoms with E-state index in [-0.39, 0.29) is 5.82 Å². The molecule has 9 rings (SSSR count). The van der Waals surface area contributed by atoms with Gasteiger partial charge in [0.1, 0.15) is 17.2 Å². The first kappa shape index (κ1) is 79.2. The minimum Gasteiger partial charge on any atom is -0.497 e. The van der Waals surface area contributed by atoms with E-state index >= 15 is 0 Å². The zero-order chi connectivity index (χ0) is 66.5. The largest absolute Gasteiger partial charge is 0.497 e. The Bertz CT molecular complexity index is 3240. The van der Waals surface area contributed by atoms with E-state index < -0.39 is 0 Å².